The van der Waals surface area contributed by atoms with E-state index in [1.807, 2.05) is 5.32 Å². The molecule has 0 aromatic carbocycles. The first-order valence-corrected chi connectivity index (χ1v) is 7.59. The van der Waals surface area contributed by atoms with E-state index >= 15 is 0 Å². The van der Waals surface area contributed by atoms with Gasteiger partial charge in [0, 0.05) is 0 Å². The van der Waals surface area contributed by atoms with Crippen molar-refractivity contribution in [2.24, 2.45) is 0 Å². The number of carbonyl (C=O) groups is 3. The molecule has 1 unspecified atom stereocenters. The minimum Gasteiger partial charge on any atom is -0.481 e. The molecule has 114 valence electrons. The number of amides is 2. The number of rotatable bonds is 5. The van der Waals surface area contributed by atoms with Crippen LogP contribution in [0.25, 0.3) is 0 Å². The fourth-order valence-electron chi connectivity index (χ4n) is 1.95. The van der Waals surface area contributed by atoms with Crippen LogP contribution in [0.5, 0.6) is 0 Å². The monoisotopic (exact) mass is 308 g/mol. The molecule has 0 saturated carbocycles. The third kappa shape index (κ3) is 4.68. The lowest BCUT2D eigenvalue weighted by Crippen LogP contribution is -2.54. The average molecular weight is 308 g/mol. The zero-order valence-corrected chi connectivity index (χ0v) is 11.6. The highest BCUT2D eigenvalue weighted by Crippen LogP contribution is 2.22. The van der Waals surface area contributed by atoms with Crippen molar-refractivity contribution in [2.45, 2.75) is 31.3 Å². The van der Waals surface area contributed by atoms with Crippen molar-refractivity contribution in [1.82, 2.24) is 10.6 Å². The second-order valence-electron chi connectivity index (χ2n) is 4.99. The summed E-state index contributed by atoms with van der Waals surface area (Å²) in [5.74, 6) is -3.13. The molecule has 1 fully saturated rings. The van der Waals surface area contributed by atoms with E-state index in [4.69, 9.17) is 10.2 Å². The highest BCUT2D eigenvalue weighted by molar-refractivity contribution is 7.91. The SMILES string of the molecule is CC1(NC(=O)N[C@H](CC(=O)O)C(=O)O)CCS(=O)(=O)C1. The van der Waals surface area contributed by atoms with Crippen LogP contribution in [0.2, 0.25) is 0 Å². The summed E-state index contributed by atoms with van der Waals surface area (Å²) < 4.78 is 22.7. The zero-order chi connectivity index (χ0) is 15.6. The predicted octanol–water partition coefficient (Wildman–Crippen LogP) is -1.21. The van der Waals surface area contributed by atoms with Gasteiger partial charge >= 0.3 is 18.0 Å². The summed E-state index contributed by atoms with van der Waals surface area (Å²) in [5.41, 5.74) is -0.977. The largest absolute Gasteiger partial charge is 0.481 e. The van der Waals surface area contributed by atoms with Crippen molar-refractivity contribution >= 4 is 27.8 Å². The Morgan fingerprint density at radius 3 is 2.30 bits per heavy atom. The Labute approximate surface area is 115 Å². The van der Waals surface area contributed by atoms with Crippen molar-refractivity contribution in [3.8, 4) is 0 Å². The summed E-state index contributed by atoms with van der Waals surface area (Å²) in [5, 5.41) is 21.7. The molecule has 1 rings (SSSR count). The van der Waals surface area contributed by atoms with E-state index in [1.54, 1.807) is 0 Å². The number of urea groups is 1. The first-order chi connectivity index (χ1) is 9.03. The van der Waals surface area contributed by atoms with E-state index < -0.39 is 45.8 Å². The van der Waals surface area contributed by atoms with Gasteiger partial charge < -0.3 is 20.8 Å². The lowest BCUT2D eigenvalue weighted by Gasteiger charge is -2.25. The van der Waals surface area contributed by atoms with Crippen LogP contribution in [0.3, 0.4) is 0 Å². The molecule has 0 aromatic rings. The van der Waals surface area contributed by atoms with Gasteiger partial charge in [0.2, 0.25) is 0 Å². The Bertz CT molecular complexity index is 530. The molecule has 4 N–H and O–H groups in total. The summed E-state index contributed by atoms with van der Waals surface area (Å²) in [6.07, 6.45) is -0.544. The second kappa shape index (κ2) is 5.65. The maximum absolute atomic E-state index is 11.6. The van der Waals surface area contributed by atoms with Crippen LogP contribution in [-0.4, -0.2) is 59.7 Å². The molecule has 0 radical (unpaired) electrons. The molecule has 2 atom stereocenters. The fraction of sp³-hybridized carbons (Fsp3) is 0.700. The van der Waals surface area contributed by atoms with E-state index in [9.17, 15) is 22.8 Å². The molecule has 9 nitrogen and oxygen atoms in total. The van der Waals surface area contributed by atoms with Crippen LogP contribution in [-0.2, 0) is 19.4 Å². The molecule has 10 heteroatoms. The highest BCUT2D eigenvalue weighted by atomic mass is 32.2. The Kier molecular flexibility index (Phi) is 4.58. The number of hydrogen-bond donors (Lipinski definition) is 4. The maximum Gasteiger partial charge on any atom is 0.326 e. The molecule has 1 aliphatic heterocycles. The fourth-order valence-corrected chi connectivity index (χ4v) is 4.05. The summed E-state index contributed by atoms with van der Waals surface area (Å²) in [6, 6.07) is -2.48. The summed E-state index contributed by atoms with van der Waals surface area (Å²) in [7, 11) is -3.22. The third-order valence-corrected chi connectivity index (χ3v) is 4.80. The molecule has 0 aliphatic carbocycles. The van der Waals surface area contributed by atoms with Gasteiger partial charge in [-0.3, -0.25) is 4.79 Å². The van der Waals surface area contributed by atoms with Gasteiger partial charge in [-0.2, -0.15) is 0 Å². The van der Waals surface area contributed by atoms with Gasteiger partial charge in [0.05, 0.1) is 23.5 Å². The highest BCUT2D eigenvalue weighted by Gasteiger charge is 2.40. The van der Waals surface area contributed by atoms with Crippen LogP contribution in [0.15, 0.2) is 0 Å². The topological polar surface area (TPSA) is 150 Å². The van der Waals surface area contributed by atoms with Gasteiger partial charge in [0.15, 0.2) is 9.84 Å². The van der Waals surface area contributed by atoms with Gasteiger partial charge in [-0.1, -0.05) is 0 Å². The molecular formula is C10H16N2O7S. The number of hydrogen-bond acceptors (Lipinski definition) is 5. The first kappa shape index (κ1) is 16.2. The number of carboxylic acid groups (broad SMARTS) is 2. The van der Waals surface area contributed by atoms with E-state index in [0.29, 0.717) is 0 Å². The smallest absolute Gasteiger partial charge is 0.326 e. The van der Waals surface area contributed by atoms with Crippen LogP contribution < -0.4 is 10.6 Å². The standard InChI is InChI=1S/C10H16N2O7S/c1-10(2-3-20(18,19)5-10)12-9(17)11-6(8(15)16)4-7(13)14/h6H,2-5H2,1H3,(H,13,14)(H,15,16)(H2,11,12,17)/t6-,10?/m1/s1. The van der Waals surface area contributed by atoms with Crippen LogP contribution >= 0.6 is 0 Å². The van der Waals surface area contributed by atoms with Crippen LogP contribution in [0, 0.1) is 0 Å². The molecule has 0 spiro atoms. The third-order valence-electron chi connectivity index (χ3n) is 2.90. The predicted molar refractivity (Wildman–Crippen MR) is 67.0 cm³/mol. The zero-order valence-electron chi connectivity index (χ0n) is 10.7. The minimum atomic E-state index is -3.22. The normalized spacial score (nSPS) is 25.6. The van der Waals surface area contributed by atoms with Gasteiger partial charge in [0.1, 0.15) is 6.04 Å². The van der Waals surface area contributed by atoms with Gasteiger partial charge in [0.25, 0.3) is 0 Å². The van der Waals surface area contributed by atoms with E-state index in [1.165, 1.54) is 6.92 Å². The molecule has 20 heavy (non-hydrogen) atoms. The quantitative estimate of drug-likeness (QED) is 0.497. The van der Waals surface area contributed by atoms with Gasteiger partial charge in [-0.15, -0.1) is 0 Å². The lowest BCUT2D eigenvalue weighted by molar-refractivity contribution is -0.145. The summed E-state index contributed by atoms with van der Waals surface area (Å²) >= 11 is 0. The Morgan fingerprint density at radius 2 is 1.90 bits per heavy atom. The number of carboxylic acids is 2. The van der Waals surface area contributed by atoms with Crippen molar-refractivity contribution < 1.29 is 33.0 Å². The number of aliphatic carboxylic acids is 2. The molecule has 0 bridgehead atoms. The number of carbonyl (C=O) groups excluding carboxylic acids is 1. The Morgan fingerprint density at radius 1 is 1.30 bits per heavy atom. The number of sulfone groups is 1. The first-order valence-electron chi connectivity index (χ1n) is 5.77. The van der Waals surface area contributed by atoms with Crippen molar-refractivity contribution in [1.29, 1.82) is 0 Å². The summed E-state index contributed by atoms with van der Waals surface area (Å²) in [6.45, 7) is 1.53. The Hall–Kier alpha value is -1.84. The van der Waals surface area contributed by atoms with Crippen LogP contribution in [0.1, 0.15) is 19.8 Å². The van der Waals surface area contributed by atoms with Crippen molar-refractivity contribution in [3.05, 3.63) is 0 Å². The van der Waals surface area contributed by atoms with Crippen molar-refractivity contribution in [2.75, 3.05) is 11.5 Å². The molecule has 2 amide bonds. The van der Waals surface area contributed by atoms with Gasteiger partial charge in [-0.05, 0) is 13.3 Å². The molecular weight excluding hydrogens is 292 g/mol. The molecule has 1 heterocycles. The molecule has 1 saturated heterocycles. The lowest BCUT2D eigenvalue weighted by atomic mass is 10.0. The maximum atomic E-state index is 11.6. The number of nitrogens with one attached hydrogen (secondary N) is 2. The molecule has 1 aliphatic rings. The average Bonchev–Trinajstić information content (AvgIpc) is 2.50. The minimum absolute atomic E-state index is 0.0543. The van der Waals surface area contributed by atoms with Crippen molar-refractivity contribution in [3.63, 3.8) is 0 Å². The van der Waals surface area contributed by atoms with E-state index in [0.717, 1.165) is 0 Å². The van der Waals surface area contributed by atoms with E-state index in [2.05, 4.69) is 5.32 Å². The van der Waals surface area contributed by atoms with Crippen LogP contribution in [0.4, 0.5) is 4.79 Å². The Balaban J connectivity index is 2.63. The van der Waals surface area contributed by atoms with E-state index in [-0.39, 0.29) is 17.9 Å². The summed E-state index contributed by atoms with van der Waals surface area (Å²) in [4.78, 5) is 32.9. The second-order valence-corrected chi connectivity index (χ2v) is 7.17. The van der Waals surface area contributed by atoms with Gasteiger partial charge in [-0.25, -0.2) is 18.0 Å². The molecule has 0 aromatic heterocycles.